The van der Waals surface area contributed by atoms with E-state index in [4.69, 9.17) is 24.7 Å². The van der Waals surface area contributed by atoms with Crippen molar-refractivity contribution in [3.05, 3.63) is 75.6 Å². The lowest BCUT2D eigenvalue weighted by atomic mass is 10.0. The van der Waals surface area contributed by atoms with Crippen molar-refractivity contribution in [3.63, 3.8) is 0 Å². The second-order valence-corrected chi connectivity index (χ2v) is 8.13. The highest BCUT2D eigenvalue weighted by Gasteiger charge is 2.15. The average molecular weight is 490 g/mol. The van der Waals surface area contributed by atoms with Crippen molar-refractivity contribution < 1.29 is 23.7 Å². The van der Waals surface area contributed by atoms with Crippen molar-refractivity contribution in [1.29, 1.82) is 0 Å². The van der Waals surface area contributed by atoms with Crippen molar-refractivity contribution in [1.82, 2.24) is 9.97 Å². The topological polar surface area (TPSA) is 126 Å². The number of carbonyl (C=O) groups is 1. The Morgan fingerprint density at radius 1 is 0.944 bits per heavy atom. The molecule has 0 aliphatic heterocycles. The van der Waals surface area contributed by atoms with E-state index in [-0.39, 0.29) is 18.8 Å². The predicted octanol–water partition coefficient (Wildman–Crippen LogP) is 3.78. The summed E-state index contributed by atoms with van der Waals surface area (Å²) in [6.45, 7) is 4.33. The summed E-state index contributed by atoms with van der Waals surface area (Å²) in [5.41, 5.74) is 8.35. The van der Waals surface area contributed by atoms with Gasteiger partial charge in [0.1, 0.15) is 47.4 Å². The maximum atomic E-state index is 12.9. The number of fused-ring (bicyclic) bond motifs is 1. The van der Waals surface area contributed by atoms with Crippen LogP contribution in [-0.4, -0.2) is 43.3 Å². The molecule has 3 N–H and O–H groups in total. The number of aromatic nitrogens is 2. The number of aryl methyl sites for hydroxylation is 2. The highest BCUT2D eigenvalue weighted by Crippen LogP contribution is 2.31. The van der Waals surface area contributed by atoms with E-state index in [1.807, 2.05) is 26.0 Å². The van der Waals surface area contributed by atoms with E-state index in [1.165, 1.54) is 7.11 Å². The third-order valence-electron chi connectivity index (χ3n) is 5.68. The van der Waals surface area contributed by atoms with Crippen molar-refractivity contribution >= 4 is 16.8 Å². The smallest absolute Gasteiger partial charge is 0.262 e. The van der Waals surface area contributed by atoms with Gasteiger partial charge in [0.2, 0.25) is 0 Å². The highest BCUT2D eigenvalue weighted by atomic mass is 16.5. The van der Waals surface area contributed by atoms with Crippen LogP contribution in [-0.2, 0) is 0 Å². The zero-order valence-corrected chi connectivity index (χ0v) is 20.5. The molecule has 1 aromatic heterocycles. The van der Waals surface area contributed by atoms with E-state index in [1.54, 1.807) is 43.5 Å². The largest absolute Gasteiger partial charge is 0.497 e. The number of nitrogens with two attached hydrogens (primary N) is 1. The maximum Gasteiger partial charge on any atom is 0.262 e. The van der Waals surface area contributed by atoms with E-state index < -0.39 is 5.91 Å². The van der Waals surface area contributed by atoms with Crippen LogP contribution in [0.15, 0.2) is 53.3 Å². The van der Waals surface area contributed by atoms with Gasteiger partial charge < -0.3 is 29.7 Å². The van der Waals surface area contributed by atoms with Crippen LogP contribution in [0.3, 0.4) is 0 Å². The first-order valence-corrected chi connectivity index (χ1v) is 11.2. The summed E-state index contributed by atoms with van der Waals surface area (Å²) >= 11 is 0. The van der Waals surface area contributed by atoms with Gasteiger partial charge in [0, 0.05) is 17.7 Å². The first kappa shape index (κ1) is 24.6. The van der Waals surface area contributed by atoms with Gasteiger partial charge in [0.05, 0.1) is 25.3 Å². The van der Waals surface area contributed by atoms with Crippen molar-refractivity contribution in [3.8, 4) is 34.4 Å². The molecule has 0 bridgehead atoms. The monoisotopic (exact) mass is 489 g/mol. The Bertz CT molecular complexity index is 1470. The lowest BCUT2D eigenvalue weighted by molar-refractivity contribution is 0.0995. The van der Waals surface area contributed by atoms with E-state index in [9.17, 15) is 9.59 Å². The molecule has 1 amide bonds. The lowest BCUT2D eigenvalue weighted by Crippen LogP contribution is -2.15. The van der Waals surface area contributed by atoms with Crippen LogP contribution in [0.4, 0.5) is 0 Å². The van der Waals surface area contributed by atoms with Gasteiger partial charge in [0.15, 0.2) is 0 Å². The van der Waals surface area contributed by atoms with Gasteiger partial charge >= 0.3 is 0 Å². The zero-order valence-electron chi connectivity index (χ0n) is 20.5. The summed E-state index contributed by atoms with van der Waals surface area (Å²) in [4.78, 5) is 31.9. The fourth-order valence-electron chi connectivity index (χ4n) is 4.03. The number of amides is 1. The number of rotatable bonds is 9. The molecule has 3 aromatic carbocycles. The average Bonchev–Trinajstić information content (AvgIpc) is 2.86. The van der Waals surface area contributed by atoms with E-state index in [0.717, 1.165) is 16.7 Å². The number of hydrogen-bond donors (Lipinski definition) is 2. The van der Waals surface area contributed by atoms with Crippen LogP contribution < -0.4 is 30.2 Å². The van der Waals surface area contributed by atoms with Crippen molar-refractivity contribution in [2.45, 2.75) is 13.8 Å². The SMILES string of the molecule is COc1cc(OC)c2c(=O)[nH]c(-c3cc(C)c(OCCOc4ccccc4C(N)=O)c(C)c3)nc2c1. The van der Waals surface area contributed by atoms with Gasteiger partial charge in [-0.25, -0.2) is 4.98 Å². The molecule has 9 nitrogen and oxygen atoms in total. The molecule has 186 valence electrons. The normalized spacial score (nSPS) is 10.8. The molecule has 1 heterocycles. The van der Waals surface area contributed by atoms with Crippen LogP contribution in [0, 0.1) is 13.8 Å². The fraction of sp³-hybridized carbons (Fsp3) is 0.222. The molecule has 9 heteroatoms. The zero-order chi connectivity index (χ0) is 25.8. The molecule has 0 radical (unpaired) electrons. The van der Waals surface area contributed by atoms with Crippen LogP contribution in [0.25, 0.3) is 22.3 Å². The number of methoxy groups -OCH3 is 2. The van der Waals surface area contributed by atoms with Crippen LogP contribution in [0.5, 0.6) is 23.0 Å². The molecule has 4 rings (SSSR count). The van der Waals surface area contributed by atoms with Crippen LogP contribution in [0.1, 0.15) is 21.5 Å². The number of primary amides is 1. The maximum absolute atomic E-state index is 12.9. The molecule has 0 unspecified atom stereocenters. The van der Waals surface area contributed by atoms with Crippen molar-refractivity contribution in [2.75, 3.05) is 27.4 Å². The van der Waals surface area contributed by atoms with Gasteiger partial charge in [-0.15, -0.1) is 0 Å². The quantitative estimate of drug-likeness (QED) is 0.343. The summed E-state index contributed by atoms with van der Waals surface area (Å²) in [6, 6.07) is 13.9. The summed E-state index contributed by atoms with van der Waals surface area (Å²) in [5, 5.41) is 0.355. The first-order chi connectivity index (χ1) is 17.3. The van der Waals surface area contributed by atoms with Crippen molar-refractivity contribution in [2.24, 2.45) is 5.73 Å². The number of nitrogens with zero attached hydrogens (tertiary/aromatic N) is 1. The molecule has 36 heavy (non-hydrogen) atoms. The molecular weight excluding hydrogens is 462 g/mol. The van der Waals surface area contributed by atoms with Gasteiger partial charge in [-0.05, 0) is 49.2 Å². The molecule has 4 aromatic rings. The van der Waals surface area contributed by atoms with E-state index in [2.05, 4.69) is 9.97 Å². The lowest BCUT2D eigenvalue weighted by Gasteiger charge is -2.15. The number of H-pyrrole nitrogens is 1. The summed E-state index contributed by atoms with van der Waals surface area (Å²) in [5.74, 6) is 1.92. The fourth-order valence-corrected chi connectivity index (χ4v) is 4.03. The third kappa shape index (κ3) is 4.95. The minimum absolute atomic E-state index is 0.230. The number of benzene rings is 3. The van der Waals surface area contributed by atoms with Gasteiger partial charge in [0.25, 0.3) is 11.5 Å². The van der Waals surface area contributed by atoms with E-state index in [0.29, 0.717) is 45.3 Å². The van der Waals surface area contributed by atoms with Gasteiger partial charge in [-0.2, -0.15) is 0 Å². The standard InChI is InChI=1S/C27H27N3O6/c1-15-11-17(26-29-20-13-18(33-3)14-22(34-4)23(20)27(32)30-26)12-16(2)24(15)36-10-9-35-21-8-6-5-7-19(21)25(28)31/h5-8,11-14H,9-10H2,1-4H3,(H2,28,31)(H,29,30,32). The highest BCUT2D eigenvalue weighted by molar-refractivity contribution is 5.95. The van der Waals surface area contributed by atoms with Gasteiger partial charge in [-0.3, -0.25) is 9.59 Å². The molecular formula is C27H27N3O6. The Morgan fingerprint density at radius 2 is 1.64 bits per heavy atom. The number of hydrogen-bond acceptors (Lipinski definition) is 7. The minimum atomic E-state index is -0.550. The Morgan fingerprint density at radius 3 is 2.31 bits per heavy atom. The number of aromatic amines is 1. The number of carbonyl (C=O) groups excluding carboxylic acids is 1. The second-order valence-electron chi connectivity index (χ2n) is 8.13. The molecule has 0 aliphatic carbocycles. The number of ether oxygens (including phenoxy) is 4. The van der Waals surface area contributed by atoms with Gasteiger partial charge in [-0.1, -0.05) is 12.1 Å². The Labute approximate surface area is 207 Å². The molecule has 0 spiro atoms. The predicted molar refractivity (Wildman–Crippen MR) is 136 cm³/mol. The molecule has 0 saturated carbocycles. The Kier molecular flexibility index (Phi) is 7.10. The van der Waals surface area contributed by atoms with Crippen LogP contribution in [0.2, 0.25) is 0 Å². The summed E-state index contributed by atoms with van der Waals surface area (Å²) < 4.78 is 22.3. The summed E-state index contributed by atoms with van der Waals surface area (Å²) in [6.07, 6.45) is 0. The van der Waals surface area contributed by atoms with Crippen LogP contribution >= 0.6 is 0 Å². The molecule has 0 fully saturated rings. The molecule has 0 atom stereocenters. The van der Waals surface area contributed by atoms with E-state index >= 15 is 0 Å². The Balaban J connectivity index is 1.55. The molecule has 0 saturated heterocycles. The Hall–Kier alpha value is -4.53. The third-order valence-corrected chi connectivity index (χ3v) is 5.68. The number of para-hydroxylation sites is 1. The minimum Gasteiger partial charge on any atom is -0.497 e. The molecule has 0 aliphatic rings. The number of nitrogens with one attached hydrogen (secondary N) is 1. The second kappa shape index (κ2) is 10.4. The first-order valence-electron chi connectivity index (χ1n) is 11.2. The summed E-state index contributed by atoms with van der Waals surface area (Å²) in [7, 11) is 3.04.